The maximum atomic E-state index is 15.5. The number of para-hydroxylation sites is 1. The van der Waals surface area contributed by atoms with E-state index in [0.717, 1.165) is 0 Å². The standard InChI is InChI=1S/C32H34ClFN2O8S/c1-31(2,3)44-29(37)25-16-20(34)18-35(25)32(22-9-7-8-10-26(22)42-5)23-15-19(33)11-13-24(23)36(30(32)38)45(39,40)28-14-12-21(41-4)17-27(28)43-6/h7-15,17,20,25H,16,18H2,1-6H3/t20?,25-,32?/m0/s1. The van der Waals surface area contributed by atoms with E-state index in [2.05, 4.69) is 0 Å². The molecule has 1 amide bonds. The van der Waals surface area contributed by atoms with Crippen molar-refractivity contribution in [2.45, 2.75) is 55.4 Å². The molecule has 3 atom stereocenters. The Morgan fingerprint density at radius 1 is 0.956 bits per heavy atom. The van der Waals surface area contributed by atoms with E-state index in [0.29, 0.717) is 10.1 Å². The van der Waals surface area contributed by atoms with Crippen LogP contribution in [0.4, 0.5) is 10.1 Å². The number of anilines is 1. The smallest absolute Gasteiger partial charge is 0.324 e. The minimum atomic E-state index is -4.71. The Hall–Kier alpha value is -3.87. The number of sulfonamides is 1. The maximum Gasteiger partial charge on any atom is 0.324 e. The van der Waals surface area contributed by atoms with Gasteiger partial charge in [0.15, 0.2) is 5.54 Å². The second-order valence-corrected chi connectivity index (χ2v) is 13.9. The fraction of sp³-hybridized carbons (Fsp3) is 0.375. The third-order valence-corrected chi connectivity index (χ3v) is 9.78. The Labute approximate surface area is 266 Å². The van der Waals surface area contributed by atoms with Crippen molar-refractivity contribution < 1.29 is 41.3 Å². The number of rotatable bonds is 8. The van der Waals surface area contributed by atoms with E-state index in [1.54, 1.807) is 45.0 Å². The van der Waals surface area contributed by atoms with Gasteiger partial charge in [0.05, 0.1) is 27.0 Å². The van der Waals surface area contributed by atoms with E-state index in [1.807, 2.05) is 0 Å². The van der Waals surface area contributed by atoms with Gasteiger partial charge >= 0.3 is 5.97 Å². The largest absolute Gasteiger partial charge is 0.497 e. The number of hydrogen-bond acceptors (Lipinski definition) is 9. The molecule has 240 valence electrons. The van der Waals surface area contributed by atoms with E-state index >= 15 is 9.18 Å². The zero-order valence-corrected chi connectivity index (χ0v) is 27.2. The highest BCUT2D eigenvalue weighted by atomic mass is 35.5. The van der Waals surface area contributed by atoms with Crippen molar-refractivity contribution in [3.63, 3.8) is 0 Å². The molecule has 3 aromatic carbocycles. The quantitative estimate of drug-likeness (QED) is 0.305. The Bertz CT molecular complexity index is 1760. The van der Waals surface area contributed by atoms with Gasteiger partial charge in [-0.1, -0.05) is 29.8 Å². The molecule has 2 aliphatic heterocycles. The monoisotopic (exact) mass is 660 g/mol. The number of carbonyl (C=O) groups is 2. The van der Waals surface area contributed by atoms with Crippen molar-refractivity contribution in [2.75, 3.05) is 32.2 Å². The normalized spacial score (nSPS) is 21.9. The zero-order chi connectivity index (χ0) is 32.9. The van der Waals surface area contributed by atoms with Crippen LogP contribution in [0.25, 0.3) is 0 Å². The summed E-state index contributed by atoms with van der Waals surface area (Å²) in [6.07, 6.45) is -1.83. The number of halogens is 2. The number of esters is 1. The lowest BCUT2D eigenvalue weighted by Gasteiger charge is -2.41. The molecule has 2 unspecified atom stereocenters. The minimum absolute atomic E-state index is 0.0292. The molecular weight excluding hydrogens is 627 g/mol. The highest BCUT2D eigenvalue weighted by molar-refractivity contribution is 7.93. The molecule has 13 heteroatoms. The van der Waals surface area contributed by atoms with E-state index in [-0.39, 0.29) is 51.2 Å². The number of methoxy groups -OCH3 is 3. The number of fused-ring (bicyclic) bond motifs is 1. The number of benzene rings is 3. The Morgan fingerprint density at radius 3 is 2.29 bits per heavy atom. The molecular formula is C32H34ClFN2O8S. The number of likely N-dealkylation sites (tertiary alicyclic amines) is 1. The van der Waals surface area contributed by atoms with Gasteiger partial charge in [-0.3, -0.25) is 14.5 Å². The van der Waals surface area contributed by atoms with Crippen LogP contribution in [0.1, 0.15) is 38.3 Å². The third kappa shape index (κ3) is 5.38. The van der Waals surface area contributed by atoms with Crippen molar-refractivity contribution >= 4 is 39.2 Å². The van der Waals surface area contributed by atoms with Gasteiger partial charge in [-0.15, -0.1) is 0 Å². The van der Waals surface area contributed by atoms with Gasteiger partial charge in [0.1, 0.15) is 40.0 Å². The molecule has 0 saturated carbocycles. The molecule has 0 N–H and O–H groups in total. The predicted molar refractivity (Wildman–Crippen MR) is 165 cm³/mol. The zero-order valence-electron chi connectivity index (χ0n) is 25.7. The summed E-state index contributed by atoms with van der Waals surface area (Å²) in [4.78, 5) is 30.0. The average Bonchev–Trinajstić information content (AvgIpc) is 3.50. The molecule has 0 bridgehead atoms. The second-order valence-electron chi connectivity index (χ2n) is 11.7. The number of nitrogens with zero attached hydrogens (tertiary/aromatic N) is 2. The summed E-state index contributed by atoms with van der Waals surface area (Å²) in [7, 11) is -0.594. The summed E-state index contributed by atoms with van der Waals surface area (Å²) < 4.78 is 67.3. The first-order chi connectivity index (χ1) is 21.2. The number of ether oxygens (including phenoxy) is 4. The van der Waals surface area contributed by atoms with E-state index < -0.39 is 45.3 Å². The van der Waals surface area contributed by atoms with Crippen molar-refractivity contribution in [3.8, 4) is 17.2 Å². The van der Waals surface area contributed by atoms with E-state index in [4.69, 9.17) is 30.5 Å². The molecule has 2 aliphatic rings. The first-order valence-electron chi connectivity index (χ1n) is 14.1. The predicted octanol–water partition coefficient (Wildman–Crippen LogP) is 5.10. The van der Waals surface area contributed by atoms with E-state index in [9.17, 15) is 13.2 Å². The number of alkyl halides is 1. The first-order valence-corrected chi connectivity index (χ1v) is 15.9. The van der Waals surface area contributed by atoms with Gasteiger partial charge in [-0.25, -0.2) is 17.1 Å². The van der Waals surface area contributed by atoms with Crippen LogP contribution in [0.15, 0.2) is 65.6 Å². The van der Waals surface area contributed by atoms with Crippen LogP contribution in [0.3, 0.4) is 0 Å². The fourth-order valence-electron chi connectivity index (χ4n) is 6.06. The lowest BCUT2D eigenvalue weighted by atomic mass is 9.81. The molecule has 0 radical (unpaired) electrons. The van der Waals surface area contributed by atoms with Gasteiger partial charge in [0.2, 0.25) is 0 Å². The number of carbonyl (C=O) groups excluding carboxylic acids is 2. The van der Waals surface area contributed by atoms with Gasteiger partial charge in [0.25, 0.3) is 15.9 Å². The summed E-state index contributed by atoms with van der Waals surface area (Å²) in [5.41, 5.74) is -2.71. The maximum absolute atomic E-state index is 15.5. The molecule has 5 rings (SSSR count). The molecule has 2 heterocycles. The lowest BCUT2D eigenvalue weighted by Crippen LogP contribution is -2.58. The van der Waals surface area contributed by atoms with Gasteiger partial charge in [-0.2, -0.15) is 0 Å². The number of hydrogen-bond donors (Lipinski definition) is 0. The Balaban J connectivity index is 1.84. The van der Waals surface area contributed by atoms with Gasteiger partial charge in [0, 0.05) is 35.2 Å². The number of amides is 1. The molecule has 0 aliphatic carbocycles. The SMILES string of the molecule is COc1ccc(S(=O)(=O)N2C(=O)C(c3ccccc3OC)(N3CC(F)C[C@H]3C(=O)OC(C)(C)C)c3cc(Cl)ccc32)c(OC)c1. The van der Waals surface area contributed by atoms with Crippen LogP contribution in [0.5, 0.6) is 17.2 Å². The molecule has 3 aromatic rings. The molecule has 0 spiro atoms. The molecule has 1 fully saturated rings. The van der Waals surface area contributed by atoms with Crippen LogP contribution in [0.2, 0.25) is 5.02 Å². The third-order valence-electron chi connectivity index (χ3n) is 7.81. The van der Waals surface area contributed by atoms with Crippen molar-refractivity contribution in [1.82, 2.24) is 4.90 Å². The molecule has 1 saturated heterocycles. The van der Waals surface area contributed by atoms with Crippen molar-refractivity contribution in [3.05, 3.63) is 76.8 Å². The van der Waals surface area contributed by atoms with Crippen LogP contribution in [-0.4, -0.2) is 70.9 Å². The van der Waals surface area contributed by atoms with Crippen molar-refractivity contribution in [2.24, 2.45) is 0 Å². The highest BCUT2D eigenvalue weighted by Crippen LogP contribution is 2.55. The van der Waals surface area contributed by atoms with Crippen LogP contribution in [-0.2, 0) is 29.9 Å². The summed E-state index contributed by atoms with van der Waals surface area (Å²) in [5.74, 6) is -1.26. The molecule has 0 aromatic heterocycles. The van der Waals surface area contributed by atoms with Gasteiger partial charge < -0.3 is 18.9 Å². The molecule has 45 heavy (non-hydrogen) atoms. The molecule has 10 nitrogen and oxygen atoms in total. The Kier molecular flexibility index (Phi) is 8.54. The van der Waals surface area contributed by atoms with E-state index in [1.165, 1.54) is 62.6 Å². The summed E-state index contributed by atoms with van der Waals surface area (Å²) in [6.45, 7) is 4.65. The van der Waals surface area contributed by atoms with Crippen LogP contribution < -0.4 is 18.5 Å². The minimum Gasteiger partial charge on any atom is -0.497 e. The first kappa shape index (κ1) is 32.5. The van der Waals surface area contributed by atoms with Crippen LogP contribution >= 0.6 is 11.6 Å². The fourth-order valence-corrected chi connectivity index (χ4v) is 7.83. The van der Waals surface area contributed by atoms with Crippen molar-refractivity contribution in [1.29, 1.82) is 0 Å². The summed E-state index contributed by atoms with van der Waals surface area (Å²) in [5, 5.41) is 0.187. The van der Waals surface area contributed by atoms with Gasteiger partial charge in [-0.05, 0) is 57.2 Å². The lowest BCUT2D eigenvalue weighted by molar-refractivity contribution is -0.162. The Morgan fingerprint density at radius 2 is 1.64 bits per heavy atom. The summed E-state index contributed by atoms with van der Waals surface area (Å²) >= 11 is 6.51. The topological polar surface area (TPSA) is 112 Å². The second kappa shape index (κ2) is 11.8. The van der Waals surface area contributed by atoms with Crippen LogP contribution in [0, 0.1) is 0 Å². The highest BCUT2D eigenvalue weighted by Gasteiger charge is 2.64. The summed E-state index contributed by atoms with van der Waals surface area (Å²) in [6, 6.07) is 13.7. The average molecular weight is 661 g/mol.